The van der Waals surface area contributed by atoms with E-state index >= 15 is 0 Å². The molecule has 0 atom stereocenters. The maximum atomic E-state index is 11.8. The predicted octanol–water partition coefficient (Wildman–Crippen LogP) is 0.193. The third kappa shape index (κ3) is 3.90. The molecule has 0 unspecified atom stereocenters. The van der Waals surface area contributed by atoms with Crippen LogP contribution in [0.15, 0.2) is 32.9 Å². The molecular formula is C8H9ClO8S3. The summed E-state index contributed by atoms with van der Waals surface area (Å²) in [6.45, 7) is 0. The number of hydrogen-bond donors (Lipinski definition) is 2. The molecule has 1 aromatic rings. The summed E-state index contributed by atoms with van der Waals surface area (Å²) in [5.41, 5.74) is 0. The van der Waals surface area contributed by atoms with Gasteiger partial charge in [-0.25, -0.2) is 8.42 Å². The molecule has 0 spiro atoms. The maximum absolute atomic E-state index is 11.8. The summed E-state index contributed by atoms with van der Waals surface area (Å²) < 4.78 is 85.5. The van der Waals surface area contributed by atoms with E-state index in [0.29, 0.717) is 18.2 Å². The highest BCUT2D eigenvalue weighted by molar-refractivity contribution is 7.93. The van der Waals surface area contributed by atoms with E-state index in [1.165, 1.54) is 0 Å². The summed E-state index contributed by atoms with van der Waals surface area (Å²) in [5.74, 6) is -0.935. The van der Waals surface area contributed by atoms with Crippen molar-refractivity contribution in [1.82, 2.24) is 0 Å². The molecular weight excluding hydrogens is 356 g/mol. The van der Waals surface area contributed by atoms with Gasteiger partial charge < -0.3 is 0 Å². The Hall–Kier alpha value is -0.720. The zero-order valence-corrected chi connectivity index (χ0v) is 12.8. The van der Waals surface area contributed by atoms with Crippen molar-refractivity contribution in [2.75, 3.05) is 11.6 Å². The lowest BCUT2D eigenvalue weighted by Gasteiger charge is -2.08. The van der Waals surface area contributed by atoms with E-state index in [0.717, 1.165) is 0 Å². The van der Waals surface area contributed by atoms with Gasteiger partial charge in [0.1, 0.15) is 4.90 Å². The Morgan fingerprint density at radius 2 is 1.45 bits per heavy atom. The van der Waals surface area contributed by atoms with Gasteiger partial charge in [0.15, 0.2) is 9.84 Å². The first kappa shape index (κ1) is 17.3. The second-order valence-corrected chi connectivity index (χ2v) is 8.83. The number of hydrogen-bond acceptors (Lipinski definition) is 6. The molecule has 0 fully saturated rings. The Kier molecular flexibility index (Phi) is 4.83. The zero-order valence-electron chi connectivity index (χ0n) is 9.59. The molecule has 12 heteroatoms. The summed E-state index contributed by atoms with van der Waals surface area (Å²) in [4.78, 5) is -2.80. The molecule has 0 aromatic heterocycles. The molecule has 2 N–H and O–H groups in total. The normalized spacial score (nSPS) is 13.3. The molecule has 0 bridgehead atoms. The Labute approximate surface area is 120 Å². The second-order valence-electron chi connectivity index (χ2n) is 3.57. The largest absolute Gasteiger partial charge is 0.295 e. The molecule has 0 radical (unpaired) electrons. The van der Waals surface area contributed by atoms with Crippen LogP contribution in [0, 0.1) is 0 Å². The topological polar surface area (TPSA) is 143 Å². The van der Waals surface area contributed by atoms with Gasteiger partial charge >= 0.3 is 0 Å². The van der Waals surface area contributed by atoms with Crippen LogP contribution >= 0.6 is 11.6 Å². The van der Waals surface area contributed by atoms with Crippen molar-refractivity contribution in [3.63, 3.8) is 0 Å². The standard InChI is InChI=1S/C8H9ClO8S3/c9-3-4-18(10,11)7-2-1-6(19(12,13)14)5-8(7)20(15,16)17/h1-2,5H,3-4H2,(H,12,13,14)(H,15,16,17). The summed E-state index contributed by atoms with van der Waals surface area (Å²) in [5, 5.41) is 0. The van der Waals surface area contributed by atoms with E-state index in [4.69, 9.17) is 20.7 Å². The van der Waals surface area contributed by atoms with Crippen LogP contribution < -0.4 is 0 Å². The third-order valence-electron chi connectivity index (χ3n) is 2.17. The molecule has 1 aromatic carbocycles. The molecule has 0 aliphatic heterocycles. The summed E-state index contributed by atoms with van der Waals surface area (Å²) in [6, 6.07) is 1.71. The van der Waals surface area contributed by atoms with Crippen molar-refractivity contribution < 1.29 is 34.4 Å². The summed E-state index contributed by atoms with van der Waals surface area (Å²) in [7, 11) is -13.9. The number of sulfone groups is 1. The van der Waals surface area contributed by atoms with E-state index in [1.54, 1.807) is 0 Å². The van der Waals surface area contributed by atoms with E-state index < -0.39 is 50.5 Å². The van der Waals surface area contributed by atoms with Crippen molar-refractivity contribution >= 4 is 41.7 Å². The fraction of sp³-hybridized carbons (Fsp3) is 0.250. The summed E-state index contributed by atoms with van der Waals surface area (Å²) >= 11 is 5.28. The minimum atomic E-state index is -5.02. The highest BCUT2D eigenvalue weighted by Crippen LogP contribution is 2.25. The van der Waals surface area contributed by atoms with Crippen LogP contribution in [0.1, 0.15) is 0 Å². The molecule has 114 valence electrons. The van der Waals surface area contributed by atoms with Crippen molar-refractivity contribution in [2.45, 2.75) is 14.7 Å². The molecule has 20 heavy (non-hydrogen) atoms. The lowest BCUT2D eigenvalue weighted by molar-refractivity contribution is 0.478. The molecule has 0 aliphatic carbocycles. The first-order chi connectivity index (χ1) is 8.89. The monoisotopic (exact) mass is 364 g/mol. The van der Waals surface area contributed by atoms with Crippen LogP contribution in [-0.2, 0) is 30.1 Å². The summed E-state index contributed by atoms with van der Waals surface area (Å²) in [6.07, 6.45) is 0. The smallest absolute Gasteiger partial charge is 0.282 e. The first-order valence-electron chi connectivity index (χ1n) is 4.77. The average Bonchev–Trinajstić information content (AvgIpc) is 2.25. The van der Waals surface area contributed by atoms with Crippen LogP contribution in [0.3, 0.4) is 0 Å². The van der Waals surface area contributed by atoms with Crippen LogP contribution in [0.25, 0.3) is 0 Å². The van der Waals surface area contributed by atoms with Crippen molar-refractivity contribution in [2.24, 2.45) is 0 Å². The van der Waals surface area contributed by atoms with Gasteiger partial charge in [0.25, 0.3) is 20.2 Å². The Balaban J connectivity index is 3.74. The van der Waals surface area contributed by atoms with Crippen molar-refractivity contribution in [1.29, 1.82) is 0 Å². The van der Waals surface area contributed by atoms with Gasteiger partial charge in [-0.2, -0.15) is 16.8 Å². The molecule has 0 amide bonds. The highest BCUT2D eigenvalue weighted by Gasteiger charge is 2.27. The molecule has 0 saturated carbocycles. The Morgan fingerprint density at radius 3 is 1.85 bits per heavy atom. The maximum Gasteiger partial charge on any atom is 0.295 e. The van der Waals surface area contributed by atoms with Gasteiger partial charge in [-0.1, -0.05) is 0 Å². The fourth-order valence-corrected chi connectivity index (χ4v) is 4.87. The second kappa shape index (κ2) is 5.58. The number of halogens is 1. The average molecular weight is 365 g/mol. The number of alkyl halides is 1. The fourth-order valence-electron chi connectivity index (χ4n) is 1.32. The SMILES string of the molecule is O=S(=O)(O)c1ccc(S(=O)(=O)CCCl)c(S(=O)(=O)O)c1. The van der Waals surface area contributed by atoms with Crippen molar-refractivity contribution in [3.05, 3.63) is 18.2 Å². The number of benzene rings is 1. The minimum absolute atomic E-state index is 0.326. The van der Waals surface area contributed by atoms with E-state index in [2.05, 4.69) is 0 Å². The third-order valence-corrected chi connectivity index (χ3v) is 6.23. The molecule has 8 nitrogen and oxygen atoms in total. The van der Waals surface area contributed by atoms with E-state index in [-0.39, 0.29) is 5.88 Å². The first-order valence-corrected chi connectivity index (χ1v) is 9.84. The van der Waals surface area contributed by atoms with Gasteiger partial charge in [0, 0.05) is 5.88 Å². The zero-order chi connectivity index (χ0) is 15.8. The van der Waals surface area contributed by atoms with Gasteiger partial charge in [-0.3, -0.25) is 9.11 Å². The Bertz CT molecular complexity index is 822. The van der Waals surface area contributed by atoms with Gasteiger partial charge in [0.05, 0.1) is 15.5 Å². The van der Waals surface area contributed by atoms with Crippen LogP contribution in [-0.4, -0.2) is 46.0 Å². The van der Waals surface area contributed by atoms with Gasteiger partial charge in [-0.15, -0.1) is 11.6 Å². The quantitative estimate of drug-likeness (QED) is 0.556. The predicted molar refractivity (Wildman–Crippen MR) is 68.8 cm³/mol. The molecule has 0 aliphatic rings. The van der Waals surface area contributed by atoms with E-state index in [9.17, 15) is 25.3 Å². The van der Waals surface area contributed by atoms with Gasteiger partial charge in [-0.05, 0) is 18.2 Å². The highest BCUT2D eigenvalue weighted by atomic mass is 35.5. The molecule has 1 rings (SSSR count). The molecule has 0 saturated heterocycles. The van der Waals surface area contributed by atoms with Crippen molar-refractivity contribution in [3.8, 4) is 0 Å². The minimum Gasteiger partial charge on any atom is -0.282 e. The number of rotatable bonds is 5. The Morgan fingerprint density at radius 1 is 0.900 bits per heavy atom. The lowest BCUT2D eigenvalue weighted by Crippen LogP contribution is -2.14. The lowest BCUT2D eigenvalue weighted by atomic mass is 10.4. The van der Waals surface area contributed by atoms with Crippen LogP contribution in [0.4, 0.5) is 0 Å². The molecule has 0 heterocycles. The van der Waals surface area contributed by atoms with E-state index in [1.807, 2.05) is 0 Å². The van der Waals surface area contributed by atoms with Gasteiger partial charge in [0.2, 0.25) is 0 Å². The van der Waals surface area contributed by atoms with Crippen LogP contribution in [0.5, 0.6) is 0 Å². The van der Waals surface area contributed by atoms with Crippen LogP contribution in [0.2, 0.25) is 0 Å².